The molecule has 5 rings (SSSR count). The molecule has 0 aromatic carbocycles. The minimum atomic E-state index is -4.60. The Bertz CT molecular complexity index is 1570. The number of fused-ring (bicyclic) bond motifs is 1. The highest BCUT2D eigenvalue weighted by Gasteiger charge is 2.38. The van der Waals surface area contributed by atoms with Gasteiger partial charge in [-0.25, -0.2) is 28.4 Å². The average Bonchev–Trinajstić information content (AvgIpc) is 3.22. The predicted molar refractivity (Wildman–Crippen MR) is 118 cm³/mol. The summed E-state index contributed by atoms with van der Waals surface area (Å²) >= 11 is 0. The molecule has 0 bridgehead atoms. The van der Waals surface area contributed by atoms with E-state index in [1.165, 1.54) is 16.9 Å². The molecule has 37 heavy (non-hydrogen) atoms. The first-order chi connectivity index (χ1) is 17.6. The highest BCUT2D eigenvalue weighted by atomic mass is 19.4. The number of aromatic amines is 1. The van der Waals surface area contributed by atoms with Crippen molar-refractivity contribution < 1.29 is 22.0 Å². The van der Waals surface area contributed by atoms with E-state index in [2.05, 4.69) is 30.0 Å². The van der Waals surface area contributed by atoms with Crippen LogP contribution in [0.15, 0.2) is 35.4 Å². The van der Waals surface area contributed by atoms with E-state index in [1.54, 1.807) is 6.92 Å². The minimum absolute atomic E-state index is 0.0650. The molecule has 4 aromatic rings. The number of aromatic nitrogens is 7. The van der Waals surface area contributed by atoms with Gasteiger partial charge in [0, 0.05) is 24.2 Å². The van der Waals surface area contributed by atoms with Crippen LogP contribution in [0, 0.1) is 11.3 Å². The molecule has 1 N–H and O–H groups in total. The van der Waals surface area contributed by atoms with Crippen LogP contribution in [0.3, 0.4) is 0 Å². The maximum atomic E-state index is 13.1. The molecule has 1 aliphatic carbocycles. The molecular weight excluding hydrogens is 499 g/mol. The summed E-state index contributed by atoms with van der Waals surface area (Å²) in [5.74, 6) is -0.264. The quantitative estimate of drug-likeness (QED) is 0.390. The van der Waals surface area contributed by atoms with Gasteiger partial charge >= 0.3 is 6.18 Å². The van der Waals surface area contributed by atoms with Crippen molar-refractivity contribution in [3.05, 3.63) is 75.2 Å². The molecule has 1 aliphatic rings. The van der Waals surface area contributed by atoms with Crippen LogP contribution < -0.4 is 5.56 Å². The fourth-order valence-electron chi connectivity index (χ4n) is 4.37. The van der Waals surface area contributed by atoms with Gasteiger partial charge < -0.3 is 4.98 Å². The lowest BCUT2D eigenvalue weighted by atomic mass is 9.72. The predicted octanol–water partition coefficient (Wildman–Crippen LogP) is 4.40. The van der Waals surface area contributed by atoms with Gasteiger partial charge in [-0.3, -0.25) is 9.78 Å². The number of nitriles is 1. The van der Waals surface area contributed by atoms with Gasteiger partial charge in [0.2, 0.25) is 0 Å². The first kappa shape index (κ1) is 24.4. The molecule has 0 spiro atoms. The van der Waals surface area contributed by atoms with Crippen molar-refractivity contribution in [2.24, 2.45) is 0 Å². The Morgan fingerprint density at radius 3 is 2.49 bits per heavy atom. The van der Waals surface area contributed by atoms with Crippen LogP contribution in [0.1, 0.15) is 78.4 Å². The molecule has 14 heteroatoms. The summed E-state index contributed by atoms with van der Waals surface area (Å²) in [4.78, 5) is 31.7. The Kier molecular flexibility index (Phi) is 5.93. The third kappa shape index (κ3) is 4.30. The van der Waals surface area contributed by atoms with Crippen LogP contribution in [0.4, 0.5) is 22.0 Å². The monoisotopic (exact) mass is 516 g/mol. The zero-order valence-electron chi connectivity index (χ0n) is 19.0. The molecule has 4 aromatic heterocycles. The van der Waals surface area contributed by atoms with Crippen molar-refractivity contribution in [2.75, 3.05) is 0 Å². The highest BCUT2D eigenvalue weighted by Crippen LogP contribution is 2.47. The Hall–Kier alpha value is -4.28. The lowest BCUT2D eigenvalue weighted by molar-refractivity contribution is -0.141. The standard InChI is InChI=1S/C23H17F5N8O/c1-10(11-2-5-16(31-9-11)23(26,27)28)36-21-17(15(8-29)35-36)22(37)34-20(33-21)13-4-3-12(13)19-30-7-6-14(32-19)18(24)25/h2,5-7,9-10,12-13,18H,3-4H2,1H3,(H,33,34,37)/t10?,12-,13-/m0/s1. The first-order valence-corrected chi connectivity index (χ1v) is 11.1. The Balaban J connectivity index is 1.55. The Labute approximate surface area is 205 Å². The third-order valence-electron chi connectivity index (χ3n) is 6.49. The number of H-pyrrole nitrogens is 1. The van der Waals surface area contributed by atoms with E-state index in [4.69, 9.17) is 0 Å². The summed E-state index contributed by atoms with van der Waals surface area (Å²) in [7, 11) is 0. The molecule has 3 atom stereocenters. The number of hydrogen-bond acceptors (Lipinski definition) is 7. The molecule has 4 heterocycles. The molecule has 190 valence electrons. The molecule has 0 amide bonds. The average molecular weight is 516 g/mol. The number of pyridine rings is 1. The van der Waals surface area contributed by atoms with Crippen molar-refractivity contribution in [2.45, 2.75) is 50.2 Å². The zero-order chi connectivity index (χ0) is 26.5. The summed E-state index contributed by atoms with van der Waals surface area (Å²) in [6, 6.07) is 4.34. The second-order valence-corrected chi connectivity index (χ2v) is 8.64. The molecule has 9 nitrogen and oxygen atoms in total. The van der Waals surface area contributed by atoms with Crippen LogP contribution in [0.5, 0.6) is 0 Å². The van der Waals surface area contributed by atoms with Gasteiger partial charge in [0.25, 0.3) is 12.0 Å². The molecular formula is C23H17F5N8O. The van der Waals surface area contributed by atoms with Crippen molar-refractivity contribution in [3.8, 4) is 6.07 Å². The second kappa shape index (κ2) is 8.99. The van der Waals surface area contributed by atoms with Crippen molar-refractivity contribution >= 4 is 11.0 Å². The summed E-state index contributed by atoms with van der Waals surface area (Å²) in [6.07, 6.45) is -3.87. The van der Waals surface area contributed by atoms with E-state index in [1.807, 2.05) is 6.07 Å². The van der Waals surface area contributed by atoms with Crippen LogP contribution in [0.2, 0.25) is 0 Å². The van der Waals surface area contributed by atoms with Crippen LogP contribution in [-0.2, 0) is 6.18 Å². The number of halogens is 5. The molecule has 0 aliphatic heterocycles. The lowest BCUT2D eigenvalue weighted by Crippen LogP contribution is -2.28. The number of rotatable bonds is 5. The van der Waals surface area contributed by atoms with Gasteiger partial charge in [-0.15, -0.1) is 0 Å². The Morgan fingerprint density at radius 2 is 1.89 bits per heavy atom. The molecule has 1 saturated carbocycles. The number of nitrogens with one attached hydrogen (secondary N) is 1. The van der Waals surface area contributed by atoms with E-state index in [-0.39, 0.29) is 40.2 Å². The van der Waals surface area contributed by atoms with E-state index >= 15 is 0 Å². The fourth-order valence-corrected chi connectivity index (χ4v) is 4.37. The minimum Gasteiger partial charge on any atom is -0.310 e. The zero-order valence-corrected chi connectivity index (χ0v) is 19.0. The number of hydrogen-bond donors (Lipinski definition) is 1. The van der Waals surface area contributed by atoms with Crippen LogP contribution >= 0.6 is 0 Å². The number of nitrogens with zero attached hydrogens (tertiary/aromatic N) is 7. The van der Waals surface area contributed by atoms with E-state index < -0.39 is 35.6 Å². The first-order valence-electron chi connectivity index (χ1n) is 11.1. The van der Waals surface area contributed by atoms with Crippen LogP contribution in [-0.4, -0.2) is 34.7 Å². The smallest absolute Gasteiger partial charge is 0.310 e. The Morgan fingerprint density at radius 1 is 1.14 bits per heavy atom. The number of alkyl halides is 5. The highest BCUT2D eigenvalue weighted by molar-refractivity contribution is 5.80. The van der Waals surface area contributed by atoms with E-state index in [0.29, 0.717) is 18.4 Å². The van der Waals surface area contributed by atoms with Crippen molar-refractivity contribution in [1.82, 2.24) is 34.7 Å². The molecule has 0 radical (unpaired) electrons. The summed E-state index contributed by atoms with van der Waals surface area (Å²) in [6.45, 7) is 1.62. The van der Waals surface area contributed by atoms with Gasteiger partial charge in [0.05, 0.1) is 6.04 Å². The maximum absolute atomic E-state index is 13.1. The SMILES string of the molecule is CC(c1ccc(C(F)(F)F)nc1)n1nc(C#N)c2c(=O)[nH]c([C@H]3CC[C@@H]3c3nccc(C(F)F)n3)nc21. The van der Waals surface area contributed by atoms with Gasteiger partial charge in [-0.2, -0.15) is 23.5 Å². The lowest BCUT2D eigenvalue weighted by Gasteiger charge is -2.34. The van der Waals surface area contributed by atoms with Gasteiger partial charge in [-0.05, 0) is 37.5 Å². The maximum Gasteiger partial charge on any atom is 0.433 e. The fraction of sp³-hybridized carbons (Fsp3) is 0.348. The molecule has 0 saturated heterocycles. The second-order valence-electron chi connectivity index (χ2n) is 8.64. The largest absolute Gasteiger partial charge is 0.433 e. The summed E-state index contributed by atoms with van der Waals surface area (Å²) < 4.78 is 66.2. The topological polar surface area (TPSA) is 126 Å². The third-order valence-corrected chi connectivity index (χ3v) is 6.49. The van der Waals surface area contributed by atoms with E-state index in [0.717, 1.165) is 18.3 Å². The normalized spacial score (nSPS) is 18.5. The van der Waals surface area contributed by atoms with Crippen molar-refractivity contribution in [3.63, 3.8) is 0 Å². The van der Waals surface area contributed by atoms with E-state index in [9.17, 15) is 32.0 Å². The van der Waals surface area contributed by atoms with Crippen molar-refractivity contribution in [1.29, 1.82) is 5.26 Å². The van der Waals surface area contributed by atoms with Gasteiger partial charge in [-0.1, -0.05) is 6.07 Å². The molecule has 1 fully saturated rings. The van der Waals surface area contributed by atoms with Gasteiger partial charge in [0.15, 0.2) is 11.3 Å². The molecule has 1 unspecified atom stereocenters. The summed E-state index contributed by atoms with van der Waals surface area (Å²) in [5.41, 5.74) is -1.85. The van der Waals surface area contributed by atoms with Gasteiger partial charge in [0.1, 0.15) is 34.5 Å². The summed E-state index contributed by atoms with van der Waals surface area (Å²) in [5, 5.41) is 13.6. The van der Waals surface area contributed by atoms with Crippen LogP contribution in [0.25, 0.3) is 11.0 Å².